The Morgan fingerprint density at radius 3 is 2.78 bits per heavy atom. The van der Waals surface area contributed by atoms with Gasteiger partial charge < -0.3 is 10.1 Å². The molecule has 0 aromatic carbocycles. The van der Waals surface area contributed by atoms with Crippen LogP contribution in [0.25, 0.3) is 0 Å². The van der Waals surface area contributed by atoms with Crippen molar-refractivity contribution in [2.24, 2.45) is 10.4 Å². The highest BCUT2D eigenvalue weighted by Gasteiger charge is 2.37. The van der Waals surface area contributed by atoms with Crippen molar-refractivity contribution >= 4 is 16.9 Å². The highest BCUT2D eigenvalue weighted by atomic mass is 32.2. The fourth-order valence-corrected chi connectivity index (χ4v) is 4.81. The SMILES string of the molecule is COC1CCCC1NC1=NCC2(CCCC2)CS1. The van der Waals surface area contributed by atoms with Crippen molar-refractivity contribution in [3.05, 3.63) is 0 Å². The minimum atomic E-state index is 0.385. The van der Waals surface area contributed by atoms with Gasteiger partial charge in [0.25, 0.3) is 0 Å². The molecule has 3 rings (SSSR count). The summed E-state index contributed by atoms with van der Waals surface area (Å²) >= 11 is 1.94. The maximum atomic E-state index is 5.53. The molecule has 2 fully saturated rings. The summed E-state index contributed by atoms with van der Waals surface area (Å²) in [6.45, 7) is 1.05. The molecule has 18 heavy (non-hydrogen) atoms. The van der Waals surface area contributed by atoms with Crippen LogP contribution in [0.4, 0.5) is 0 Å². The largest absolute Gasteiger partial charge is 0.379 e. The number of nitrogens with zero attached hydrogens (tertiary/aromatic N) is 1. The third-order valence-electron chi connectivity index (χ3n) is 4.80. The maximum absolute atomic E-state index is 5.53. The topological polar surface area (TPSA) is 33.6 Å². The number of aliphatic imine (C=N–C) groups is 1. The molecule has 0 aromatic rings. The van der Waals surface area contributed by atoms with Gasteiger partial charge in [-0.05, 0) is 37.5 Å². The van der Waals surface area contributed by atoms with Crippen LogP contribution in [0.2, 0.25) is 0 Å². The molecule has 2 atom stereocenters. The summed E-state index contributed by atoms with van der Waals surface area (Å²) in [6.07, 6.45) is 9.68. The third kappa shape index (κ3) is 2.55. The molecule has 0 amide bonds. The number of amidine groups is 1. The molecule has 0 aromatic heterocycles. The number of methoxy groups -OCH3 is 1. The molecule has 1 heterocycles. The second-order valence-corrected chi connectivity index (χ2v) is 7.04. The lowest BCUT2D eigenvalue weighted by Crippen LogP contribution is -2.42. The Labute approximate surface area is 114 Å². The van der Waals surface area contributed by atoms with Crippen molar-refractivity contribution in [3.8, 4) is 0 Å². The predicted octanol–water partition coefficient (Wildman–Crippen LogP) is 2.81. The Bertz CT molecular complexity index is 326. The van der Waals surface area contributed by atoms with E-state index in [1.165, 1.54) is 55.9 Å². The Kier molecular flexibility index (Phi) is 3.85. The first kappa shape index (κ1) is 12.8. The molecular weight excluding hydrogens is 244 g/mol. The zero-order valence-corrected chi connectivity index (χ0v) is 12.1. The van der Waals surface area contributed by atoms with E-state index in [1.807, 2.05) is 18.9 Å². The average molecular weight is 268 g/mol. The normalized spacial score (nSPS) is 34.8. The zero-order chi connectivity index (χ0) is 12.4. The monoisotopic (exact) mass is 268 g/mol. The highest BCUT2D eigenvalue weighted by Crippen LogP contribution is 2.43. The van der Waals surface area contributed by atoms with E-state index in [9.17, 15) is 0 Å². The number of hydrogen-bond acceptors (Lipinski definition) is 4. The van der Waals surface area contributed by atoms with E-state index < -0.39 is 0 Å². The molecule has 102 valence electrons. The Balaban J connectivity index is 1.56. The number of rotatable bonds is 2. The Morgan fingerprint density at radius 2 is 2.11 bits per heavy atom. The highest BCUT2D eigenvalue weighted by molar-refractivity contribution is 8.13. The molecule has 2 aliphatic carbocycles. The van der Waals surface area contributed by atoms with Crippen molar-refractivity contribution in [3.63, 3.8) is 0 Å². The van der Waals surface area contributed by atoms with Crippen molar-refractivity contribution in [2.45, 2.75) is 57.1 Å². The second kappa shape index (κ2) is 5.41. The molecule has 3 aliphatic rings. The van der Waals surface area contributed by atoms with E-state index in [2.05, 4.69) is 5.32 Å². The van der Waals surface area contributed by atoms with Gasteiger partial charge in [0.15, 0.2) is 5.17 Å². The molecule has 1 N–H and O–H groups in total. The third-order valence-corrected chi connectivity index (χ3v) is 6.08. The van der Waals surface area contributed by atoms with Crippen LogP contribution in [-0.4, -0.2) is 36.7 Å². The molecule has 2 unspecified atom stereocenters. The molecule has 0 radical (unpaired) electrons. The quantitative estimate of drug-likeness (QED) is 0.836. The summed E-state index contributed by atoms with van der Waals surface area (Å²) in [5.41, 5.74) is 0.548. The number of thioether (sulfide) groups is 1. The van der Waals surface area contributed by atoms with Crippen LogP contribution in [0.15, 0.2) is 4.99 Å². The first-order valence-electron chi connectivity index (χ1n) is 7.28. The lowest BCUT2D eigenvalue weighted by molar-refractivity contribution is 0.0909. The molecule has 0 bridgehead atoms. The first-order chi connectivity index (χ1) is 8.81. The number of nitrogens with one attached hydrogen (secondary N) is 1. The van der Waals surface area contributed by atoms with Gasteiger partial charge in [0.2, 0.25) is 0 Å². The average Bonchev–Trinajstić information content (AvgIpc) is 3.02. The lowest BCUT2D eigenvalue weighted by Gasteiger charge is -2.32. The van der Waals surface area contributed by atoms with Gasteiger partial charge >= 0.3 is 0 Å². The van der Waals surface area contributed by atoms with Crippen LogP contribution in [0.3, 0.4) is 0 Å². The summed E-state index contributed by atoms with van der Waals surface area (Å²) in [7, 11) is 1.83. The van der Waals surface area contributed by atoms with Crippen LogP contribution < -0.4 is 5.32 Å². The number of ether oxygens (including phenoxy) is 1. The van der Waals surface area contributed by atoms with Crippen LogP contribution in [0.1, 0.15) is 44.9 Å². The van der Waals surface area contributed by atoms with Crippen LogP contribution in [-0.2, 0) is 4.74 Å². The van der Waals surface area contributed by atoms with Gasteiger partial charge in [-0.1, -0.05) is 24.6 Å². The van der Waals surface area contributed by atoms with Crippen LogP contribution in [0, 0.1) is 5.41 Å². The van der Waals surface area contributed by atoms with Gasteiger partial charge in [0.05, 0.1) is 12.1 Å². The van der Waals surface area contributed by atoms with Gasteiger partial charge in [-0.25, -0.2) is 0 Å². The fourth-order valence-electron chi connectivity index (χ4n) is 3.60. The summed E-state index contributed by atoms with van der Waals surface area (Å²) in [6, 6.07) is 0.485. The smallest absolute Gasteiger partial charge is 0.156 e. The molecule has 4 heteroatoms. The Morgan fingerprint density at radius 1 is 1.28 bits per heavy atom. The standard InChI is InChI=1S/C14H24N2OS/c1-17-12-6-4-5-11(12)16-13-15-9-14(10-18-13)7-2-3-8-14/h11-12H,2-10H2,1H3,(H,15,16). The van der Waals surface area contributed by atoms with Crippen molar-refractivity contribution in [2.75, 3.05) is 19.4 Å². The molecule has 2 saturated carbocycles. The maximum Gasteiger partial charge on any atom is 0.156 e. The minimum Gasteiger partial charge on any atom is -0.379 e. The van der Waals surface area contributed by atoms with Crippen LogP contribution in [0.5, 0.6) is 0 Å². The van der Waals surface area contributed by atoms with E-state index in [-0.39, 0.29) is 0 Å². The minimum absolute atomic E-state index is 0.385. The van der Waals surface area contributed by atoms with Gasteiger partial charge in [0, 0.05) is 19.4 Å². The molecule has 3 nitrogen and oxygen atoms in total. The van der Waals surface area contributed by atoms with E-state index in [0.717, 1.165) is 6.54 Å². The summed E-state index contributed by atoms with van der Waals surface area (Å²) < 4.78 is 5.53. The zero-order valence-electron chi connectivity index (χ0n) is 11.3. The van der Waals surface area contributed by atoms with Crippen molar-refractivity contribution in [1.82, 2.24) is 5.32 Å². The van der Waals surface area contributed by atoms with E-state index in [4.69, 9.17) is 9.73 Å². The second-order valence-electron chi connectivity index (χ2n) is 6.07. The lowest BCUT2D eigenvalue weighted by atomic mass is 9.89. The summed E-state index contributed by atoms with van der Waals surface area (Å²) in [5, 5.41) is 4.78. The van der Waals surface area contributed by atoms with E-state index >= 15 is 0 Å². The first-order valence-corrected chi connectivity index (χ1v) is 8.26. The van der Waals surface area contributed by atoms with E-state index in [1.54, 1.807) is 0 Å². The molecule has 1 aliphatic heterocycles. The summed E-state index contributed by atoms with van der Waals surface area (Å²) in [5.74, 6) is 1.27. The predicted molar refractivity (Wildman–Crippen MR) is 77.2 cm³/mol. The fraction of sp³-hybridized carbons (Fsp3) is 0.929. The summed E-state index contributed by atoms with van der Waals surface area (Å²) in [4.78, 5) is 4.81. The van der Waals surface area contributed by atoms with Gasteiger partial charge in [0.1, 0.15) is 0 Å². The molecule has 1 spiro atoms. The van der Waals surface area contributed by atoms with Gasteiger partial charge in [-0.2, -0.15) is 0 Å². The van der Waals surface area contributed by atoms with E-state index in [0.29, 0.717) is 17.6 Å². The molecular formula is C14H24N2OS. The molecule has 0 saturated heterocycles. The van der Waals surface area contributed by atoms with Crippen molar-refractivity contribution in [1.29, 1.82) is 0 Å². The Hall–Kier alpha value is -0.220. The van der Waals surface area contributed by atoms with Crippen LogP contribution >= 0.6 is 11.8 Å². The van der Waals surface area contributed by atoms with Crippen molar-refractivity contribution < 1.29 is 4.74 Å². The van der Waals surface area contributed by atoms with Gasteiger partial charge in [-0.3, -0.25) is 4.99 Å². The van der Waals surface area contributed by atoms with Gasteiger partial charge in [-0.15, -0.1) is 0 Å². The number of hydrogen-bond donors (Lipinski definition) is 1.